The summed E-state index contributed by atoms with van der Waals surface area (Å²) >= 11 is 3.21. The third kappa shape index (κ3) is 2.57. The van der Waals surface area contributed by atoms with Gasteiger partial charge in [0.1, 0.15) is 4.90 Å². The second-order valence-electron chi connectivity index (χ2n) is 3.46. The van der Waals surface area contributed by atoms with Crippen LogP contribution in [0, 0.1) is 0 Å². The lowest BCUT2D eigenvalue weighted by molar-refractivity contribution is 0.482. The number of rotatable bonds is 2. The summed E-state index contributed by atoms with van der Waals surface area (Å²) in [7, 11) is -4.21. The lowest BCUT2D eigenvalue weighted by Gasteiger charge is -2.07. The van der Waals surface area contributed by atoms with Gasteiger partial charge >= 0.3 is 0 Å². The van der Waals surface area contributed by atoms with Gasteiger partial charge in [-0.25, -0.2) is 0 Å². The molecule has 0 saturated heterocycles. The Kier molecular flexibility index (Phi) is 3.33. The largest absolute Gasteiger partial charge is 0.295 e. The smallest absolute Gasteiger partial charge is 0.282 e. The minimum Gasteiger partial charge on any atom is -0.282 e. The van der Waals surface area contributed by atoms with Crippen LogP contribution in [0.5, 0.6) is 0 Å². The average molecular weight is 313 g/mol. The lowest BCUT2D eigenvalue weighted by Crippen LogP contribution is -1.99. The summed E-state index contributed by atoms with van der Waals surface area (Å²) in [6.07, 6.45) is 0. The molecule has 0 heterocycles. The zero-order chi connectivity index (χ0) is 12.5. The van der Waals surface area contributed by atoms with E-state index in [1.54, 1.807) is 12.1 Å². The van der Waals surface area contributed by atoms with Crippen molar-refractivity contribution >= 4 is 26.0 Å². The highest BCUT2D eigenvalue weighted by Crippen LogP contribution is 2.33. The zero-order valence-electron chi connectivity index (χ0n) is 8.67. The average Bonchev–Trinajstić information content (AvgIpc) is 2.29. The van der Waals surface area contributed by atoms with Crippen LogP contribution in [0.1, 0.15) is 0 Å². The van der Waals surface area contributed by atoms with Gasteiger partial charge in [0.15, 0.2) is 0 Å². The Hall–Kier alpha value is -1.17. The number of halogens is 1. The van der Waals surface area contributed by atoms with Gasteiger partial charge in [-0.1, -0.05) is 42.5 Å². The molecule has 0 aromatic heterocycles. The van der Waals surface area contributed by atoms with Gasteiger partial charge in [0, 0.05) is 4.47 Å². The molecule has 2 aromatic rings. The van der Waals surface area contributed by atoms with Crippen LogP contribution < -0.4 is 0 Å². The van der Waals surface area contributed by atoms with Crippen molar-refractivity contribution in [3.8, 4) is 11.1 Å². The Labute approximate surface area is 108 Å². The number of benzene rings is 2. The fourth-order valence-electron chi connectivity index (χ4n) is 1.55. The van der Waals surface area contributed by atoms with Crippen LogP contribution in [0.15, 0.2) is 57.9 Å². The maximum atomic E-state index is 11.2. The summed E-state index contributed by atoms with van der Waals surface area (Å²) in [5.41, 5.74) is 1.60. The van der Waals surface area contributed by atoms with E-state index in [0.29, 0.717) is 4.47 Å². The maximum absolute atomic E-state index is 11.2. The molecule has 0 aliphatic carbocycles. The quantitative estimate of drug-likeness (QED) is 0.865. The highest BCUT2D eigenvalue weighted by Gasteiger charge is 2.16. The van der Waals surface area contributed by atoms with Crippen LogP contribution in [-0.4, -0.2) is 13.0 Å². The molecule has 88 valence electrons. The fraction of sp³-hybridized carbons (Fsp3) is 0. The van der Waals surface area contributed by atoms with Gasteiger partial charge in [0.2, 0.25) is 0 Å². The van der Waals surface area contributed by atoms with Gasteiger partial charge in [0.05, 0.1) is 0 Å². The predicted octanol–water partition coefficient (Wildman–Crippen LogP) is 3.36. The van der Waals surface area contributed by atoms with Crippen molar-refractivity contribution in [2.45, 2.75) is 4.90 Å². The highest BCUT2D eigenvalue weighted by atomic mass is 79.9. The van der Waals surface area contributed by atoms with E-state index in [-0.39, 0.29) is 4.90 Å². The second-order valence-corrected chi connectivity index (χ2v) is 5.64. The first-order valence-electron chi connectivity index (χ1n) is 4.81. The SMILES string of the molecule is O=S(=O)(O)c1cccc(-c2ccccc2)c1Br. The molecule has 0 aliphatic heterocycles. The predicted molar refractivity (Wildman–Crippen MR) is 69.4 cm³/mol. The van der Waals surface area contributed by atoms with Crippen molar-refractivity contribution in [1.82, 2.24) is 0 Å². The highest BCUT2D eigenvalue weighted by molar-refractivity contribution is 9.10. The van der Waals surface area contributed by atoms with Gasteiger partial charge in [-0.05, 0) is 33.1 Å². The molecule has 0 bridgehead atoms. The lowest BCUT2D eigenvalue weighted by atomic mass is 10.1. The summed E-state index contributed by atoms with van der Waals surface area (Å²) in [6, 6.07) is 14.1. The summed E-state index contributed by atoms with van der Waals surface area (Å²) in [4.78, 5) is -0.126. The van der Waals surface area contributed by atoms with E-state index in [9.17, 15) is 8.42 Å². The maximum Gasteiger partial charge on any atom is 0.295 e. The van der Waals surface area contributed by atoms with Crippen LogP contribution in [0.25, 0.3) is 11.1 Å². The molecule has 17 heavy (non-hydrogen) atoms. The van der Waals surface area contributed by atoms with Crippen LogP contribution in [0.3, 0.4) is 0 Å². The molecule has 0 amide bonds. The molecule has 2 rings (SSSR count). The van der Waals surface area contributed by atoms with Crippen molar-refractivity contribution in [3.05, 3.63) is 53.0 Å². The summed E-state index contributed by atoms with van der Waals surface area (Å²) in [5, 5.41) is 0. The standard InChI is InChI=1S/C12H9BrO3S/c13-12-10(9-5-2-1-3-6-9)7-4-8-11(12)17(14,15)16/h1-8H,(H,14,15,16). The molecule has 5 heteroatoms. The van der Waals surface area contributed by atoms with Gasteiger partial charge in [-0.15, -0.1) is 0 Å². The number of hydrogen-bond acceptors (Lipinski definition) is 2. The van der Waals surface area contributed by atoms with E-state index >= 15 is 0 Å². The monoisotopic (exact) mass is 312 g/mol. The van der Waals surface area contributed by atoms with E-state index in [2.05, 4.69) is 15.9 Å². The van der Waals surface area contributed by atoms with Crippen LogP contribution >= 0.6 is 15.9 Å². The first kappa shape index (κ1) is 12.3. The van der Waals surface area contributed by atoms with Crippen LogP contribution in [-0.2, 0) is 10.1 Å². The van der Waals surface area contributed by atoms with E-state index < -0.39 is 10.1 Å². The summed E-state index contributed by atoms with van der Waals surface area (Å²) in [6.45, 7) is 0. The molecule has 0 fully saturated rings. The minimum atomic E-state index is -4.21. The molecular formula is C12H9BrO3S. The Bertz CT molecular complexity index is 636. The molecule has 0 unspecified atom stereocenters. The third-order valence-corrected chi connectivity index (χ3v) is 4.34. The van der Waals surface area contributed by atoms with Crippen molar-refractivity contribution in [2.24, 2.45) is 0 Å². The van der Waals surface area contributed by atoms with Gasteiger partial charge < -0.3 is 0 Å². The van der Waals surface area contributed by atoms with Crippen LogP contribution in [0.2, 0.25) is 0 Å². The summed E-state index contributed by atoms with van der Waals surface area (Å²) < 4.78 is 31.8. The fourth-order valence-corrected chi connectivity index (χ4v) is 3.24. The third-order valence-electron chi connectivity index (χ3n) is 2.33. The van der Waals surface area contributed by atoms with Crippen molar-refractivity contribution < 1.29 is 13.0 Å². The molecule has 0 saturated carbocycles. The molecule has 0 spiro atoms. The molecule has 0 aliphatic rings. The minimum absolute atomic E-state index is 0.126. The van der Waals surface area contributed by atoms with E-state index in [0.717, 1.165) is 11.1 Å². The molecule has 0 radical (unpaired) electrons. The molecule has 0 atom stereocenters. The van der Waals surface area contributed by atoms with Crippen molar-refractivity contribution in [1.29, 1.82) is 0 Å². The Morgan fingerprint density at radius 3 is 2.18 bits per heavy atom. The molecule has 2 aromatic carbocycles. The Morgan fingerprint density at radius 1 is 0.941 bits per heavy atom. The molecular weight excluding hydrogens is 304 g/mol. The summed E-state index contributed by atoms with van der Waals surface area (Å²) in [5.74, 6) is 0. The Balaban J connectivity index is 2.67. The molecule has 3 nitrogen and oxygen atoms in total. The second kappa shape index (κ2) is 4.60. The zero-order valence-corrected chi connectivity index (χ0v) is 11.1. The first-order chi connectivity index (χ1) is 8.00. The van der Waals surface area contributed by atoms with Crippen molar-refractivity contribution in [2.75, 3.05) is 0 Å². The van der Waals surface area contributed by atoms with E-state index in [1.165, 1.54) is 6.07 Å². The number of hydrogen-bond donors (Lipinski definition) is 1. The Morgan fingerprint density at radius 2 is 1.59 bits per heavy atom. The molecule has 1 N–H and O–H groups in total. The van der Waals surface area contributed by atoms with Gasteiger partial charge in [-0.3, -0.25) is 4.55 Å². The van der Waals surface area contributed by atoms with Gasteiger partial charge in [0.25, 0.3) is 10.1 Å². The van der Waals surface area contributed by atoms with Crippen LogP contribution in [0.4, 0.5) is 0 Å². The van der Waals surface area contributed by atoms with Gasteiger partial charge in [-0.2, -0.15) is 8.42 Å². The van der Waals surface area contributed by atoms with E-state index in [1.807, 2.05) is 30.3 Å². The van der Waals surface area contributed by atoms with E-state index in [4.69, 9.17) is 4.55 Å². The normalized spacial score (nSPS) is 11.4. The first-order valence-corrected chi connectivity index (χ1v) is 7.05. The van der Waals surface area contributed by atoms with Crippen molar-refractivity contribution in [3.63, 3.8) is 0 Å². The topological polar surface area (TPSA) is 54.4 Å².